The van der Waals surface area contributed by atoms with Crippen molar-refractivity contribution in [1.29, 1.82) is 0 Å². The van der Waals surface area contributed by atoms with E-state index in [0.29, 0.717) is 0 Å². The van der Waals surface area contributed by atoms with Crippen molar-refractivity contribution in [3.8, 4) is 0 Å². The summed E-state index contributed by atoms with van der Waals surface area (Å²) in [5.41, 5.74) is 7.82. The topological polar surface area (TPSA) is 26.0 Å². The Morgan fingerprint density at radius 1 is 1.27 bits per heavy atom. The lowest BCUT2D eigenvalue weighted by Gasteiger charge is -2.41. The summed E-state index contributed by atoms with van der Waals surface area (Å²) in [6, 6.07) is 11.0. The van der Waals surface area contributed by atoms with Gasteiger partial charge in [0, 0.05) is 11.5 Å². The van der Waals surface area contributed by atoms with Gasteiger partial charge in [-0.1, -0.05) is 43.2 Å². The van der Waals surface area contributed by atoms with Crippen LogP contribution in [0.5, 0.6) is 0 Å². The van der Waals surface area contributed by atoms with Crippen molar-refractivity contribution in [3.63, 3.8) is 0 Å². The van der Waals surface area contributed by atoms with Crippen LogP contribution in [0.2, 0.25) is 0 Å². The minimum absolute atomic E-state index is 0.194. The summed E-state index contributed by atoms with van der Waals surface area (Å²) in [6.07, 6.45) is 7.29. The SMILES string of the molecule is C[C@@H](N)C1(c2ccccc2)C[CH]CCC1. The highest BCUT2D eigenvalue weighted by molar-refractivity contribution is 5.29. The van der Waals surface area contributed by atoms with Crippen LogP contribution >= 0.6 is 0 Å². The molecule has 1 saturated carbocycles. The molecule has 0 aromatic heterocycles. The molecule has 1 aromatic carbocycles. The monoisotopic (exact) mass is 202 g/mol. The summed E-state index contributed by atoms with van der Waals surface area (Å²) >= 11 is 0. The molecule has 2 rings (SSSR count). The normalized spacial score (nSPS) is 22.3. The molecule has 1 aliphatic carbocycles. The smallest absolute Gasteiger partial charge is 0.0108 e. The first kappa shape index (κ1) is 10.7. The lowest BCUT2D eigenvalue weighted by Crippen LogP contribution is -2.45. The van der Waals surface area contributed by atoms with Gasteiger partial charge >= 0.3 is 0 Å². The zero-order valence-electron chi connectivity index (χ0n) is 9.45. The molecule has 0 aliphatic heterocycles. The first-order chi connectivity index (χ1) is 7.26. The Kier molecular flexibility index (Phi) is 3.11. The predicted molar refractivity (Wildman–Crippen MR) is 64.5 cm³/mol. The lowest BCUT2D eigenvalue weighted by atomic mass is 9.65. The van der Waals surface area contributed by atoms with Gasteiger partial charge in [-0.3, -0.25) is 0 Å². The zero-order valence-corrected chi connectivity index (χ0v) is 9.45. The van der Waals surface area contributed by atoms with E-state index >= 15 is 0 Å². The summed E-state index contributed by atoms with van der Waals surface area (Å²) in [5.74, 6) is 0. The van der Waals surface area contributed by atoms with E-state index in [1.807, 2.05) is 0 Å². The third kappa shape index (κ3) is 1.93. The average Bonchev–Trinajstić information content (AvgIpc) is 2.31. The molecule has 0 amide bonds. The standard InChI is InChI=1S/C14H20N/c1-12(15)14(10-6-3-7-11-14)13-8-4-2-5-9-13/h2,4-6,8-9,12H,3,7,10-11,15H2,1H3/t12-,14?/m1/s1. The Labute approximate surface area is 92.7 Å². The van der Waals surface area contributed by atoms with E-state index < -0.39 is 0 Å². The first-order valence-corrected chi connectivity index (χ1v) is 5.88. The van der Waals surface area contributed by atoms with Gasteiger partial charge in [0.25, 0.3) is 0 Å². The van der Waals surface area contributed by atoms with Crippen LogP contribution in [0.15, 0.2) is 30.3 Å². The maximum atomic E-state index is 6.21. The van der Waals surface area contributed by atoms with Crippen LogP contribution in [0.25, 0.3) is 0 Å². The lowest BCUT2D eigenvalue weighted by molar-refractivity contribution is 0.289. The Morgan fingerprint density at radius 3 is 2.53 bits per heavy atom. The van der Waals surface area contributed by atoms with E-state index in [4.69, 9.17) is 5.73 Å². The second kappa shape index (κ2) is 4.36. The Hall–Kier alpha value is -0.820. The number of hydrogen-bond donors (Lipinski definition) is 1. The van der Waals surface area contributed by atoms with Gasteiger partial charge in [-0.15, -0.1) is 0 Å². The van der Waals surface area contributed by atoms with Gasteiger partial charge in [-0.25, -0.2) is 0 Å². The molecule has 1 aromatic rings. The number of benzene rings is 1. The van der Waals surface area contributed by atoms with Crippen LogP contribution < -0.4 is 5.73 Å². The number of rotatable bonds is 2. The quantitative estimate of drug-likeness (QED) is 0.783. The molecule has 1 fully saturated rings. The minimum atomic E-state index is 0.194. The molecule has 0 bridgehead atoms. The van der Waals surface area contributed by atoms with Crippen LogP contribution in [0.3, 0.4) is 0 Å². The molecule has 2 atom stereocenters. The summed E-state index contributed by atoms with van der Waals surface area (Å²) in [4.78, 5) is 0. The van der Waals surface area contributed by atoms with E-state index in [9.17, 15) is 0 Å². The van der Waals surface area contributed by atoms with Crippen molar-refractivity contribution in [2.45, 2.75) is 44.1 Å². The fraction of sp³-hybridized carbons (Fsp3) is 0.500. The van der Waals surface area contributed by atoms with Crippen molar-refractivity contribution in [2.75, 3.05) is 0 Å². The Balaban J connectivity index is 2.34. The Morgan fingerprint density at radius 2 is 2.00 bits per heavy atom. The maximum absolute atomic E-state index is 6.21. The first-order valence-electron chi connectivity index (χ1n) is 5.88. The number of nitrogens with two attached hydrogens (primary N) is 1. The molecule has 15 heavy (non-hydrogen) atoms. The van der Waals surface area contributed by atoms with Crippen LogP contribution in [-0.4, -0.2) is 6.04 Å². The van der Waals surface area contributed by atoms with E-state index in [0.717, 1.165) is 6.42 Å². The molecule has 1 aliphatic rings. The average molecular weight is 202 g/mol. The van der Waals surface area contributed by atoms with Crippen molar-refractivity contribution >= 4 is 0 Å². The molecular weight excluding hydrogens is 182 g/mol. The van der Waals surface area contributed by atoms with E-state index in [1.54, 1.807) is 0 Å². The third-order valence-electron chi connectivity index (χ3n) is 3.76. The molecule has 0 heterocycles. The van der Waals surface area contributed by atoms with Gasteiger partial charge in [0.1, 0.15) is 0 Å². The van der Waals surface area contributed by atoms with Gasteiger partial charge in [-0.2, -0.15) is 0 Å². The van der Waals surface area contributed by atoms with E-state index in [1.165, 1.54) is 24.8 Å². The van der Waals surface area contributed by atoms with Gasteiger partial charge in [0.05, 0.1) is 0 Å². The summed E-state index contributed by atoms with van der Waals surface area (Å²) in [7, 11) is 0. The second-order valence-electron chi connectivity index (χ2n) is 4.70. The van der Waals surface area contributed by atoms with Crippen molar-refractivity contribution in [1.82, 2.24) is 0 Å². The highest BCUT2D eigenvalue weighted by atomic mass is 14.7. The highest BCUT2D eigenvalue weighted by Gasteiger charge is 2.36. The molecular formula is C14H20N. The predicted octanol–water partition coefficient (Wildman–Crippen LogP) is 3.05. The maximum Gasteiger partial charge on any atom is 0.0108 e. The summed E-state index contributed by atoms with van der Waals surface area (Å²) < 4.78 is 0. The largest absolute Gasteiger partial charge is 0.327 e. The van der Waals surface area contributed by atoms with Crippen LogP contribution in [0.4, 0.5) is 0 Å². The van der Waals surface area contributed by atoms with Crippen LogP contribution in [0, 0.1) is 6.42 Å². The van der Waals surface area contributed by atoms with Crippen molar-refractivity contribution < 1.29 is 0 Å². The van der Waals surface area contributed by atoms with Gasteiger partial charge in [0.15, 0.2) is 0 Å². The van der Waals surface area contributed by atoms with Crippen LogP contribution in [0.1, 0.15) is 38.2 Å². The van der Waals surface area contributed by atoms with Gasteiger partial charge in [-0.05, 0) is 31.7 Å². The molecule has 2 N–H and O–H groups in total. The van der Waals surface area contributed by atoms with E-state index in [-0.39, 0.29) is 11.5 Å². The molecule has 1 radical (unpaired) electrons. The molecule has 1 nitrogen and oxygen atoms in total. The fourth-order valence-corrected chi connectivity index (χ4v) is 2.73. The number of hydrogen-bond acceptors (Lipinski definition) is 1. The second-order valence-corrected chi connectivity index (χ2v) is 4.70. The zero-order chi connectivity index (χ0) is 10.7. The minimum Gasteiger partial charge on any atom is -0.327 e. The van der Waals surface area contributed by atoms with Crippen molar-refractivity contribution in [3.05, 3.63) is 42.3 Å². The molecule has 81 valence electrons. The fourth-order valence-electron chi connectivity index (χ4n) is 2.73. The van der Waals surface area contributed by atoms with Gasteiger partial charge < -0.3 is 5.73 Å². The summed E-state index contributed by atoms with van der Waals surface area (Å²) in [5, 5.41) is 0. The molecule has 1 unspecified atom stereocenters. The third-order valence-corrected chi connectivity index (χ3v) is 3.76. The highest BCUT2D eigenvalue weighted by Crippen LogP contribution is 2.40. The molecule has 0 saturated heterocycles. The molecule has 1 heteroatoms. The van der Waals surface area contributed by atoms with Crippen molar-refractivity contribution in [2.24, 2.45) is 5.73 Å². The van der Waals surface area contributed by atoms with E-state index in [2.05, 4.69) is 43.7 Å². The summed E-state index contributed by atoms with van der Waals surface area (Å²) in [6.45, 7) is 2.14. The van der Waals surface area contributed by atoms with Gasteiger partial charge in [0.2, 0.25) is 0 Å². The molecule has 0 spiro atoms. The van der Waals surface area contributed by atoms with Crippen LogP contribution in [-0.2, 0) is 5.41 Å². The Bertz CT molecular complexity index is 296.